The number of carbonyl (C=O) groups excluding carboxylic acids is 1. The van der Waals surface area contributed by atoms with Gasteiger partial charge in [-0.1, -0.05) is 0 Å². The zero-order chi connectivity index (χ0) is 8.43. The highest BCUT2D eigenvalue weighted by Gasteiger charge is 2.15. The molecule has 0 saturated heterocycles. The number of aryl methyl sites for hydroxylation is 1. The topological polar surface area (TPSA) is 17.1 Å². The first kappa shape index (κ1) is 8.75. The predicted octanol–water partition coefficient (Wildman–Crippen LogP) is 2.93. The van der Waals surface area contributed by atoms with Crippen molar-refractivity contribution >= 4 is 28.7 Å². The summed E-state index contributed by atoms with van der Waals surface area (Å²) in [5, 5.41) is 1.50. The number of halogens is 1. The molecule has 0 spiro atoms. The summed E-state index contributed by atoms with van der Waals surface area (Å²) in [6.45, 7) is 3.47. The van der Waals surface area contributed by atoms with Crippen molar-refractivity contribution in [2.24, 2.45) is 0 Å². The molecule has 0 fully saturated rings. The Balaban J connectivity index is 2.92. The monoisotopic (exact) mass is 188 g/mol. The maximum Gasteiger partial charge on any atom is 0.152 e. The lowest BCUT2D eigenvalue weighted by Crippen LogP contribution is -2.00. The molecule has 60 valence electrons. The van der Waals surface area contributed by atoms with Gasteiger partial charge >= 0.3 is 0 Å². The van der Waals surface area contributed by atoms with Gasteiger partial charge in [0.05, 0.1) is 0 Å². The van der Waals surface area contributed by atoms with Crippen molar-refractivity contribution in [2.75, 3.05) is 0 Å². The van der Waals surface area contributed by atoms with Gasteiger partial charge in [-0.2, -0.15) is 0 Å². The fraction of sp³-hybridized carbons (Fsp3) is 0.375. The highest BCUT2D eigenvalue weighted by atomic mass is 35.5. The first-order chi connectivity index (χ1) is 5.13. The lowest BCUT2D eigenvalue weighted by atomic mass is 10.2. The van der Waals surface area contributed by atoms with Crippen molar-refractivity contribution in [1.82, 2.24) is 0 Å². The van der Waals surface area contributed by atoms with Crippen molar-refractivity contribution in [1.29, 1.82) is 0 Å². The van der Waals surface area contributed by atoms with E-state index in [1.54, 1.807) is 0 Å². The van der Waals surface area contributed by atoms with Crippen LogP contribution in [0.25, 0.3) is 0 Å². The van der Waals surface area contributed by atoms with E-state index in [0.29, 0.717) is 0 Å². The van der Waals surface area contributed by atoms with E-state index in [1.807, 2.05) is 18.4 Å². The van der Waals surface area contributed by atoms with Gasteiger partial charge in [-0.25, -0.2) is 0 Å². The molecule has 0 aliphatic carbocycles. The van der Waals surface area contributed by atoms with Gasteiger partial charge in [0.25, 0.3) is 0 Å². The van der Waals surface area contributed by atoms with E-state index >= 15 is 0 Å². The first-order valence-electron chi connectivity index (χ1n) is 3.31. The Hall–Kier alpha value is -0.340. The second kappa shape index (κ2) is 3.37. The molecule has 3 heteroatoms. The van der Waals surface area contributed by atoms with Crippen LogP contribution >= 0.6 is 22.9 Å². The molecule has 0 aliphatic heterocycles. The molecule has 0 saturated carbocycles. The summed E-state index contributed by atoms with van der Waals surface area (Å²) in [7, 11) is 0. The van der Waals surface area contributed by atoms with Crippen molar-refractivity contribution in [2.45, 2.75) is 19.2 Å². The van der Waals surface area contributed by atoms with Crippen LogP contribution in [0.3, 0.4) is 0 Å². The molecule has 1 rings (SSSR count). The molecule has 0 aromatic carbocycles. The number of hydrogen-bond donors (Lipinski definition) is 0. The molecule has 0 N–H and O–H groups in total. The lowest BCUT2D eigenvalue weighted by Gasteiger charge is -2.02. The lowest BCUT2D eigenvalue weighted by molar-refractivity contribution is -0.116. The Morgan fingerprint density at radius 2 is 2.36 bits per heavy atom. The summed E-state index contributed by atoms with van der Waals surface area (Å²) in [6.07, 6.45) is 0. The fourth-order valence-corrected chi connectivity index (χ4v) is 2.11. The van der Waals surface area contributed by atoms with Crippen LogP contribution in [0.4, 0.5) is 0 Å². The Kier molecular flexibility index (Phi) is 2.68. The minimum absolute atomic E-state index is 0.0113. The summed E-state index contributed by atoms with van der Waals surface area (Å²) in [6, 6.07) is 1.97. The van der Waals surface area contributed by atoms with Crippen molar-refractivity contribution in [3.8, 4) is 0 Å². The van der Waals surface area contributed by atoms with E-state index in [2.05, 4.69) is 0 Å². The van der Waals surface area contributed by atoms with Crippen LogP contribution in [0, 0.1) is 6.92 Å². The Morgan fingerprint density at radius 1 is 1.73 bits per heavy atom. The van der Waals surface area contributed by atoms with E-state index in [4.69, 9.17) is 11.6 Å². The van der Waals surface area contributed by atoms with E-state index < -0.39 is 5.38 Å². The fourth-order valence-electron chi connectivity index (χ4n) is 0.829. The van der Waals surface area contributed by atoms with Gasteiger partial charge in [-0.05, 0) is 30.9 Å². The van der Waals surface area contributed by atoms with E-state index in [1.165, 1.54) is 18.3 Å². The molecular weight excluding hydrogens is 180 g/mol. The Morgan fingerprint density at radius 3 is 2.73 bits per heavy atom. The SMILES string of the molecule is CC(=O)C(Cl)c1sccc1C. The summed E-state index contributed by atoms with van der Waals surface area (Å²) in [5.74, 6) is 0.0113. The Labute approximate surface area is 75.0 Å². The maximum absolute atomic E-state index is 10.9. The summed E-state index contributed by atoms with van der Waals surface area (Å²) in [5.41, 5.74) is 1.10. The average molecular weight is 189 g/mol. The molecule has 1 heterocycles. The number of thiophene rings is 1. The van der Waals surface area contributed by atoms with Crippen LogP contribution in [0.2, 0.25) is 0 Å². The Bertz CT molecular complexity index is 267. The first-order valence-corrected chi connectivity index (χ1v) is 4.63. The highest BCUT2D eigenvalue weighted by molar-refractivity contribution is 7.10. The molecule has 1 aromatic heterocycles. The van der Waals surface area contributed by atoms with Crippen molar-refractivity contribution in [3.63, 3.8) is 0 Å². The number of Topliss-reactive ketones (excluding diaryl/α,β-unsaturated/α-hetero) is 1. The van der Waals surface area contributed by atoms with E-state index in [9.17, 15) is 4.79 Å². The second-order valence-electron chi connectivity index (χ2n) is 2.44. The van der Waals surface area contributed by atoms with Crippen LogP contribution < -0.4 is 0 Å². The number of alkyl halides is 1. The van der Waals surface area contributed by atoms with Gasteiger partial charge in [0.15, 0.2) is 5.78 Å². The zero-order valence-electron chi connectivity index (χ0n) is 6.43. The average Bonchev–Trinajstić information content (AvgIpc) is 2.33. The van der Waals surface area contributed by atoms with Gasteiger partial charge in [0.2, 0.25) is 0 Å². The van der Waals surface area contributed by atoms with Gasteiger partial charge in [-0.3, -0.25) is 4.79 Å². The molecule has 1 atom stereocenters. The van der Waals surface area contributed by atoms with Crippen LogP contribution in [-0.2, 0) is 4.79 Å². The van der Waals surface area contributed by atoms with Crippen molar-refractivity contribution in [3.05, 3.63) is 21.9 Å². The third kappa shape index (κ3) is 1.82. The smallest absolute Gasteiger partial charge is 0.152 e. The summed E-state index contributed by atoms with van der Waals surface area (Å²) >= 11 is 7.38. The third-order valence-corrected chi connectivity index (χ3v) is 3.23. The molecule has 1 unspecified atom stereocenters. The quantitative estimate of drug-likeness (QED) is 0.653. The van der Waals surface area contributed by atoms with Gasteiger partial charge < -0.3 is 0 Å². The number of carbonyl (C=O) groups is 1. The van der Waals surface area contributed by atoms with E-state index in [-0.39, 0.29) is 5.78 Å². The van der Waals surface area contributed by atoms with Crippen LogP contribution in [0.5, 0.6) is 0 Å². The normalized spacial score (nSPS) is 13.0. The second-order valence-corrected chi connectivity index (χ2v) is 3.83. The number of rotatable bonds is 2. The van der Waals surface area contributed by atoms with Crippen LogP contribution in [0.15, 0.2) is 11.4 Å². The largest absolute Gasteiger partial charge is 0.298 e. The highest BCUT2D eigenvalue weighted by Crippen LogP contribution is 2.29. The van der Waals surface area contributed by atoms with Crippen LogP contribution in [0.1, 0.15) is 22.7 Å². The molecule has 0 bridgehead atoms. The van der Waals surface area contributed by atoms with Gasteiger partial charge in [-0.15, -0.1) is 22.9 Å². The van der Waals surface area contributed by atoms with Gasteiger partial charge in [0, 0.05) is 4.88 Å². The van der Waals surface area contributed by atoms with Crippen molar-refractivity contribution < 1.29 is 4.79 Å². The van der Waals surface area contributed by atoms with Crippen LogP contribution in [-0.4, -0.2) is 5.78 Å². The predicted molar refractivity (Wildman–Crippen MR) is 48.3 cm³/mol. The molecule has 0 radical (unpaired) electrons. The molecular formula is C8H9ClOS. The third-order valence-electron chi connectivity index (χ3n) is 1.49. The minimum atomic E-state index is -0.449. The zero-order valence-corrected chi connectivity index (χ0v) is 8.00. The van der Waals surface area contributed by atoms with E-state index in [0.717, 1.165) is 10.4 Å². The molecule has 0 amide bonds. The molecule has 11 heavy (non-hydrogen) atoms. The van der Waals surface area contributed by atoms with Gasteiger partial charge in [0.1, 0.15) is 5.38 Å². The number of hydrogen-bond acceptors (Lipinski definition) is 2. The summed E-state index contributed by atoms with van der Waals surface area (Å²) < 4.78 is 0. The maximum atomic E-state index is 10.9. The number of ketones is 1. The summed E-state index contributed by atoms with van der Waals surface area (Å²) in [4.78, 5) is 11.8. The minimum Gasteiger partial charge on any atom is -0.298 e. The molecule has 1 aromatic rings. The standard InChI is InChI=1S/C8H9ClOS/c1-5-3-4-11-8(5)7(9)6(2)10/h3-4,7H,1-2H3. The molecule has 0 aliphatic rings. The molecule has 1 nitrogen and oxygen atoms in total.